The minimum Gasteiger partial charge on any atom is -0.375 e. The molecular formula is C15H12BrF3N2O3S. The normalized spacial score (nSPS) is 11.8. The van der Waals surface area contributed by atoms with Crippen LogP contribution in [0.3, 0.4) is 0 Å². The molecule has 25 heavy (non-hydrogen) atoms. The number of nitrogens with one attached hydrogen (secondary N) is 2. The number of amides is 1. The Kier molecular flexibility index (Phi) is 5.73. The van der Waals surface area contributed by atoms with Gasteiger partial charge in [0.05, 0.1) is 17.1 Å². The van der Waals surface area contributed by atoms with Crippen molar-refractivity contribution in [3.63, 3.8) is 0 Å². The van der Waals surface area contributed by atoms with Gasteiger partial charge in [-0.25, -0.2) is 8.42 Å². The van der Waals surface area contributed by atoms with Crippen molar-refractivity contribution >= 4 is 43.0 Å². The fourth-order valence-corrected chi connectivity index (χ4v) is 3.09. The van der Waals surface area contributed by atoms with Gasteiger partial charge in [0.1, 0.15) is 0 Å². The van der Waals surface area contributed by atoms with E-state index in [1.807, 2.05) is 0 Å². The zero-order chi connectivity index (χ0) is 18.7. The van der Waals surface area contributed by atoms with Gasteiger partial charge in [0, 0.05) is 10.2 Å². The van der Waals surface area contributed by atoms with E-state index in [4.69, 9.17) is 0 Å². The summed E-state index contributed by atoms with van der Waals surface area (Å²) in [5.74, 6) is -0.540. The van der Waals surface area contributed by atoms with E-state index in [0.717, 1.165) is 16.6 Å². The number of benzene rings is 2. The predicted octanol–water partition coefficient (Wildman–Crippen LogP) is 3.79. The van der Waals surface area contributed by atoms with Crippen molar-refractivity contribution in [1.29, 1.82) is 0 Å². The van der Waals surface area contributed by atoms with Crippen LogP contribution in [0, 0.1) is 0 Å². The van der Waals surface area contributed by atoms with Crippen molar-refractivity contribution in [3.05, 3.63) is 53.0 Å². The number of rotatable bonds is 5. The fourth-order valence-electron chi connectivity index (χ4n) is 1.89. The van der Waals surface area contributed by atoms with Crippen LogP contribution in [-0.4, -0.2) is 26.4 Å². The molecule has 0 spiro atoms. The number of carbonyl (C=O) groups is 1. The number of carbonyl (C=O) groups excluding carboxylic acids is 1. The quantitative estimate of drug-likeness (QED) is 0.747. The second-order valence-electron chi connectivity index (χ2n) is 4.85. The molecule has 0 aliphatic heterocycles. The van der Waals surface area contributed by atoms with Gasteiger partial charge >= 0.3 is 5.51 Å². The molecule has 0 heterocycles. The maximum atomic E-state index is 12.7. The smallest absolute Gasteiger partial charge is 0.375 e. The van der Waals surface area contributed by atoms with Gasteiger partial charge in [-0.15, -0.1) is 0 Å². The summed E-state index contributed by atoms with van der Waals surface area (Å²) in [5, 5.41) is 4.96. The first-order chi connectivity index (χ1) is 11.6. The third kappa shape index (κ3) is 4.73. The molecule has 5 nitrogen and oxygen atoms in total. The molecular weight excluding hydrogens is 425 g/mol. The van der Waals surface area contributed by atoms with Gasteiger partial charge in [-0.05, 0) is 36.4 Å². The number of hydrogen-bond donors (Lipinski definition) is 2. The highest BCUT2D eigenvalue weighted by atomic mass is 79.9. The highest BCUT2D eigenvalue weighted by Gasteiger charge is 2.47. The number of para-hydroxylation sites is 1. The molecule has 0 aliphatic rings. The zero-order valence-corrected chi connectivity index (χ0v) is 14.9. The molecule has 0 saturated heterocycles. The van der Waals surface area contributed by atoms with Crippen molar-refractivity contribution in [2.75, 3.05) is 17.2 Å². The number of anilines is 2. The molecule has 134 valence electrons. The Labute approximate surface area is 150 Å². The lowest BCUT2D eigenvalue weighted by Gasteiger charge is -2.14. The van der Waals surface area contributed by atoms with E-state index < -0.39 is 32.7 Å². The van der Waals surface area contributed by atoms with Gasteiger partial charge in [-0.1, -0.05) is 28.1 Å². The van der Waals surface area contributed by atoms with Crippen LogP contribution in [0.25, 0.3) is 0 Å². The Balaban J connectivity index is 2.11. The van der Waals surface area contributed by atoms with Crippen LogP contribution in [0.4, 0.5) is 24.5 Å². The van der Waals surface area contributed by atoms with Crippen LogP contribution in [-0.2, 0) is 14.6 Å². The average molecular weight is 437 g/mol. The molecule has 0 aliphatic carbocycles. The van der Waals surface area contributed by atoms with E-state index in [2.05, 4.69) is 26.6 Å². The van der Waals surface area contributed by atoms with E-state index in [9.17, 15) is 26.4 Å². The Morgan fingerprint density at radius 1 is 1.04 bits per heavy atom. The zero-order valence-electron chi connectivity index (χ0n) is 12.5. The van der Waals surface area contributed by atoms with Gasteiger partial charge in [0.15, 0.2) is 0 Å². The first kappa shape index (κ1) is 19.3. The SMILES string of the molecule is O=C(CNc1ccccc1S(=O)(=O)C(F)(F)F)Nc1ccc(Br)cc1. The molecule has 2 aromatic rings. The summed E-state index contributed by atoms with van der Waals surface area (Å²) >= 11 is 3.24. The average Bonchev–Trinajstić information content (AvgIpc) is 2.54. The van der Waals surface area contributed by atoms with Gasteiger partial charge in [-0.3, -0.25) is 4.79 Å². The maximum absolute atomic E-state index is 12.7. The third-order valence-corrected chi connectivity index (χ3v) is 5.12. The summed E-state index contributed by atoms with van der Waals surface area (Å²) in [6.07, 6.45) is 0. The lowest BCUT2D eigenvalue weighted by Crippen LogP contribution is -2.26. The second-order valence-corrected chi connectivity index (χ2v) is 7.68. The lowest BCUT2D eigenvalue weighted by molar-refractivity contribution is -0.114. The topological polar surface area (TPSA) is 75.3 Å². The summed E-state index contributed by atoms with van der Waals surface area (Å²) in [4.78, 5) is 10.9. The minimum atomic E-state index is -5.52. The van der Waals surface area contributed by atoms with E-state index in [1.54, 1.807) is 24.3 Å². The third-order valence-electron chi connectivity index (χ3n) is 3.05. The van der Waals surface area contributed by atoms with Gasteiger partial charge in [0.2, 0.25) is 5.91 Å². The number of hydrogen-bond acceptors (Lipinski definition) is 4. The van der Waals surface area contributed by atoms with E-state index in [1.165, 1.54) is 12.1 Å². The monoisotopic (exact) mass is 436 g/mol. The van der Waals surface area contributed by atoms with E-state index in [-0.39, 0.29) is 5.69 Å². The van der Waals surface area contributed by atoms with Crippen LogP contribution in [0.2, 0.25) is 0 Å². The first-order valence-corrected chi connectivity index (χ1v) is 9.08. The fraction of sp³-hybridized carbons (Fsp3) is 0.133. The summed E-state index contributed by atoms with van der Waals surface area (Å²) < 4.78 is 62.1. The van der Waals surface area contributed by atoms with Gasteiger partial charge < -0.3 is 10.6 Å². The molecule has 0 unspecified atom stereocenters. The first-order valence-electron chi connectivity index (χ1n) is 6.81. The molecule has 2 aromatic carbocycles. The molecule has 0 bridgehead atoms. The summed E-state index contributed by atoms with van der Waals surface area (Å²) in [6, 6.07) is 11.2. The highest BCUT2D eigenvalue weighted by Crippen LogP contribution is 2.34. The predicted molar refractivity (Wildman–Crippen MR) is 90.9 cm³/mol. The lowest BCUT2D eigenvalue weighted by atomic mass is 10.3. The standard InChI is InChI=1S/C15H12BrF3N2O3S/c16-10-5-7-11(8-6-10)21-14(22)9-20-12-3-1-2-4-13(12)25(23,24)15(17,18)19/h1-8,20H,9H2,(H,21,22). The molecule has 10 heteroatoms. The second kappa shape index (κ2) is 7.44. The van der Waals surface area contributed by atoms with E-state index in [0.29, 0.717) is 5.69 Å². The van der Waals surface area contributed by atoms with Crippen LogP contribution < -0.4 is 10.6 Å². The molecule has 1 amide bonds. The molecule has 0 saturated carbocycles. The van der Waals surface area contributed by atoms with Crippen molar-refractivity contribution < 1.29 is 26.4 Å². The Morgan fingerprint density at radius 3 is 2.24 bits per heavy atom. The molecule has 2 N–H and O–H groups in total. The summed E-state index contributed by atoms with van der Waals surface area (Å²) in [7, 11) is -5.52. The minimum absolute atomic E-state index is 0.300. The Hall–Kier alpha value is -2.07. The molecule has 0 fully saturated rings. The van der Waals surface area contributed by atoms with E-state index >= 15 is 0 Å². The molecule has 0 radical (unpaired) electrons. The van der Waals surface area contributed by atoms with Gasteiger partial charge in [-0.2, -0.15) is 13.2 Å². The maximum Gasteiger partial charge on any atom is 0.501 e. The number of halogens is 4. The Bertz CT molecular complexity index is 868. The molecule has 0 aromatic heterocycles. The summed E-state index contributed by atoms with van der Waals surface area (Å²) in [6.45, 7) is -0.402. The summed E-state index contributed by atoms with van der Waals surface area (Å²) in [5.41, 5.74) is -5.23. The van der Waals surface area contributed by atoms with Crippen molar-refractivity contribution in [1.82, 2.24) is 0 Å². The van der Waals surface area contributed by atoms with Crippen LogP contribution in [0.1, 0.15) is 0 Å². The van der Waals surface area contributed by atoms with Crippen molar-refractivity contribution in [2.24, 2.45) is 0 Å². The molecule has 0 atom stereocenters. The van der Waals surface area contributed by atoms with Crippen LogP contribution in [0.5, 0.6) is 0 Å². The van der Waals surface area contributed by atoms with Crippen LogP contribution >= 0.6 is 15.9 Å². The number of alkyl halides is 3. The molecule has 2 rings (SSSR count). The van der Waals surface area contributed by atoms with Gasteiger partial charge in [0.25, 0.3) is 9.84 Å². The van der Waals surface area contributed by atoms with Crippen molar-refractivity contribution in [2.45, 2.75) is 10.4 Å². The van der Waals surface area contributed by atoms with Crippen LogP contribution in [0.15, 0.2) is 57.9 Å². The largest absolute Gasteiger partial charge is 0.501 e. The Morgan fingerprint density at radius 2 is 1.64 bits per heavy atom. The highest BCUT2D eigenvalue weighted by molar-refractivity contribution is 9.10. The van der Waals surface area contributed by atoms with Crippen molar-refractivity contribution in [3.8, 4) is 0 Å². The number of sulfone groups is 1.